The Labute approximate surface area is 253 Å². The van der Waals surface area contributed by atoms with Gasteiger partial charge in [0, 0.05) is 62.0 Å². The van der Waals surface area contributed by atoms with Crippen LogP contribution < -0.4 is 25.6 Å². The van der Waals surface area contributed by atoms with Crippen LogP contribution in [0.3, 0.4) is 0 Å². The maximum absolute atomic E-state index is 11.5. The zero-order chi connectivity index (χ0) is 28.6. The Kier molecular flexibility index (Phi) is 10.3. The maximum atomic E-state index is 11.5. The molecule has 0 unspecified atom stereocenters. The highest BCUT2D eigenvalue weighted by Gasteiger charge is 2.20. The average molecular weight is 597 g/mol. The summed E-state index contributed by atoms with van der Waals surface area (Å²) in [7, 11) is 1.65. The third-order valence-electron chi connectivity index (χ3n) is 7.86. The Morgan fingerprint density at radius 2 is 1.56 bits per heavy atom. The molecular weight excluding hydrogens is 557 g/mol. The topological polar surface area (TPSA) is 68.9 Å². The van der Waals surface area contributed by atoms with Crippen molar-refractivity contribution in [3.8, 4) is 16.9 Å². The fraction of sp³-hybridized carbons (Fsp3) is 0.406. The zero-order valence-electron chi connectivity index (χ0n) is 23.6. The molecule has 2 saturated heterocycles. The van der Waals surface area contributed by atoms with Crippen molar-refractivity contribution in [3.63, 3.8) is 0 Å². The number of rotatable bonds is 9. The average Bonchev–Trinajstić information content (AvgIpc) is 2.99. The van der Waals surface area contributed by atoms with Crippen molar-refractivity contribution >= 4 is 34.9 Å². The number of hydrogen-bond donors (Lipinski definition) is 3. The van der Waals surface area contributed by atoms with E-state index in [0.717, 1.165) is 87.6 Å². The van der Waals surface area contributed by atoms with Gasteiger partial charge in [0.15, 0.2) is 0 Å². The lowest BCUT2D eigenvalue weighted by Gasteiger charge is -2.32. The summed E-state index contributed by atoms with van der Waals surface area (Å²) in [5.41, 5.74) is 5.63. The van der Waals surface area contributed by atoms with Gasteiger partial charge in [0.05, 0.1) is 0 Å². The minimum atomic E-state index is -0.115. The van der Waals surface area contributed by atoms with Crippen LogP contribution in [0.15, 0.2) is 60.7 Å². The van der Waals surface area contributed by atoms with E-state index in [2.05, 4.69) is 68.2 Å². The number of halogens is 2. The smallest absolute Gasteiger partial charge is 0.314 e. The number of nitrogens with zero attached hydrogens (tertiary/aromatic N) is 2. The third kappa shape index (κ3) is 8.52. The number of anilines is 1. The van der Waals surface area contributed by atoms with Crippen LogP contribution in [-0.2, 0) is 13.2 Å². The second-order valence-corrected chi connectivity index (χ2v) is 11.8. The maximum Gasteiger partial charge on any atom is 0.314 e. The van der Waals surface area contributed by atoms with Crippen molar-refractivity contribution in [2.24, 2.45) is 5.92 Å². The number of hydrogen-bond acceptors (Lipinski definition) is 5. The van der Waals surface area contributed by atoms with E-state index < -0.39 is 0 Å². The summed E-state index contributed by atoms with van der Waals surface area (Å²) in [6.07, 6.45) is 2.13. The number of amides is 2. The molecule has 5 rings (SSSR count). The number of piperidine rings is 1. The lowest BCUT2D eigenvalue weighted by Crippen LogP contribution is -2.43. The Morgan fingerprint density at radius 1 is 0.902 bits per heavy atom. The van der Waals surface area contributed by atoms with Crippen LogP contribution in [0.25, 0.3) is 11.1 Å². The molecule has 0 aliphatic carbocycles. The molecule has 0 spiro atoms. The Balaban J connectivity index is 1.27. The minimum Gasteiger partial charge on any atom is -0.489 e. The van der Waals surface area contributed by atoms with Crippen molar-refractivity contribution in [2.75, 3.05) is 57.8 Å². The minimum absolute atomic E-state index is 0.115. The van der Waals surface area contributed by atoms with Gasteiger partial charge in [-0.3, -0.25) is 4.90 Å². The predicted octanol–water partition coefficient (Wildman–Crippen LogP) is 5.79. The molecule has 3 N–H and O–H groups in total. The number of piperazine rings is 1. The van der Waals surface area contributed by atoms with Crippen molar-refractivity contribution in [3.05, 3.63) is 81.8 Å². The van der Waals surface area contributed by atoms with Gasteiger partial charge in [-0.25, -0.2) is 4.79 Å². The van der Waals surface area contributed by atoms with Gasteiger partial charge in [-0.1, -0.05) is 29.3 Å². The summed E-state index contributed by atoms with van der Waals surface area (Å²) in [6, 6.07) is 20.6. The molecule has 0 aromatic heterocycles. The molecule has 0 saturated carbocycles. The number of carbonyl (C=O) groups excluding carboxylic acids is 1. The van der Waals surface area contributed by atoms with Gasteiger partial charge in [0.1, 0.15) is 12.4 Å². The summed E-state index contributed by atoms with van der Waals surface area (Å²) in [4.78, 5) is 16.4. The molecule has 3 aromatic rings. The molecule has 9 heteroatoms. The van der Waals surface area contributed by atoms with Crippen molar-refractivity contribution in [2.45, 2.75) is 26.0 Å². The van der Waals surface area contributed by atoms with Crippen molar-refractivity contribution in [1.29, 1.82) is 0 Å². The van der Waals surface area contributed by atoms with Crippen molar-refractivity contribution in [1.82, 2.24) is 20.9 Å². The van der Waals surface area contributed by atoms with Gasteiger partial charge >= 0.3 is 6.03 Å². The fourth-order valence-corrected chi connectivity index (χ4v) is 6.13. The molecule has 2 aliphatic rings. The predicted molar refractivity (Wildman–Crippen MR) is 168 cm³/mol. The molecule has 3 aromatic carbocycles. The summed E-state index contributed by atoms with van der Waals surface area (Å²) < 4.78 is 6.25. The van der Waals surface area contributed by atoms with Crippen LogP contribution in [0.4, 0.5) is 10.5 Å². The van der Waals surface area contributed by atoms with Crippen LogP contribution in [-0.4, -0.2) is 63.8 Å². The van der Waals surface area contributed by atoms with Crippen molar-refractivity contribution < 1.29 is 9.53 Å². The van der Waals surface area contributed by atoms with Gasteiger partial charge in [-0.05, 0) is 109 Å². The number of ether oxygens (including phenoxy) is 1. The molecule has 2 aliphatic heterocycles. The van der Waals surface area contributed by atoms with Gasteiger partial charge in [0.25, 0.3) is 0 Å². The second-order valence-electron chi connectivity index (χ2n) is 10.9. The van der Waals surface area contributed by atoms with E-state index in [1.165, 1.54) is 11.3 Å². The van der Waals surface area contributed by atoms with Crippen LogP contribution in [0.5, 0.6) is 5.75 Å². The van der Waals surface area contributed by atoms with Crippen LogP contribution >= 0.6 is 23.2 Å². The highest BCUT2D eigenvalue weighted by atomic mass is 35.5. The lowest BCUT2D eigenvalue weighted by atomic mass is 9.95. The molecule has 2 fully saturated rings. The molecule has 0 bridgehead atoms. The summed E-state index contributed by atoms with van der Waals surface area (Å²) in [5, 5.41) is 10.2. The van der Waals surface area contributed by atoms with E-state index >= 15 is 0 Å². The number of urea groups is 1. The highest BCUT2D eigenvalue weighted by Crippen LogP contribution is 2.30. The lowest BCUT2D eigenvalue weighted by molar-refractivity contribution is 0.175. The Bertz CT molecular complexity index is 1290. The van der Waals surface area contributed by atoms with E-state index in [4.69, 9.17) is 27.9 Å². The van der Waals surface area contributed by atoms with E-state index in [0.29, 0.717) is 22.6 Å². The highest BCUT2D eigenvalue weighted by molar-refractivity contribution is 6.35. The summed E-state index contributed by atoms with van der Waals surface area (Å²) >= 11 is 12.7. The normalized spacial score (nSPS) is 16.4. The molecule has 2 heterocycles. The van der Waals surface area contributed by atoms with E-state index in [1.54, 1.807) is 13.1 Å². The fourth-order valence-electron chi connectivity index (χ4n) is 5.60. The largest absolute Gasteiger partial charge is 0.489 e. The number of benzene rings is 3. The summed E-state index contributed by atoms with van der Waals surface area (Å²) in [6.45, 7) is 8.11. The first kappa shape index (κ1) is 29.5. The Morgan fingerprint density at radius 3 is 2.24 bits per heavy atom. The monoisotopic (exact) mass is 595 g/mol. The van der Waals surface area contributed by atoms with E-state index in [1.807, 2.05) is 12.1 Å². The standard InChI is InChI=1S/C32H39Cl2N5O2/c1-35-32(40)37-20-23-6-10-38(11-7-23)21-24-14-25(16-26(15-24)27-17-28(33)19-29(34)18-27)22-41-31-4-2-30(3-5-31)39-12-8-36-9-13-39/h2-5,14-19,23,36H,6-13,20-22H2,1H3,(H2,35,37,40). The van der Waals surface area contributed by atoms with E-state index in [-0.39, 0.29) is 6.03 Å². The molecule has 0 radical (unpaired) electrons. The molecule has 41 heavy (non-hydrogen) atoms. The van der Waals surface area contributed by atoms with Gasteiger partial charge in [-0.15, -0.1) is 0 Å². The first-order valence-electron chi connectivity index (χ1n) is 14.4. The van der Waals surface area contributed by atoms with Crippen LogP contribution in [0, 0.1) is 5.92 Å². The van der Waals surface area contributed by atoms with Crippen LogP contribution in [0.2, 0.25) is 10.0 Å². The zero-order valence-corrected chi connectivity index (χ0v) is 25.1. The molecule has 0 atom stereocenters. The number of nitrogens with one attached hydrogen (secondary N) is 3. The second kappa shape index (κ2) is 14.3. The number of likely N-dealkylation sites (tertiary alicyclic amines) is 1. The molecule has 218 valence electrons. The SMILES string of the molecule is CNC(=O)NCC1CCN(Cc2cc(COc3ccc(N4CCNCC4)cc3)cc(-c3cc(Cl)cc(Cl)c3)c2)CC1. The molecular formula is C32H39Cl2N5O2. The quantitative estimate of drug-likeness (QED) is 0.292. The summed E-state index contributed by atoms with van der Waals surface area (Å²) in [5.74, 6) is 1.36. The van der Waals surface area contributed by atoms with Gasteiger partial charge < -0.3 is 25.6 Å². The Hall–Kier alpha value is -2.97. The van der Waals surface area contributed by atoms with Crippen LogP contribution in [0.1, 0.15) is 24.0 Å². The first-order valence-corrected chi connectivity index (χ1v) is 15.2. The third-order valence-corrected chi connectivity index (χ3v) is 8.30. The number of carbonyl (C=O) groups is 1. The van der Waals surface area contributed by atoms with Gasteiger partial charge in [0.2, 0.25) is 0 Å². The molecule has 2 amide bonds. The molecule has 7 nitrogen and oxygen atoms in total. The van der Waals surface area contributed by atoms with E-state index in [9.17, 15) is 4.79 Å². The van der Waals surface area contributed by atoms with Gasteiger partial charge in [-0.2, -0.15) is 0 Å². The first-order chi connectivity index (χ1) is 19.9.